The molecule has 0 unspecified atom stereocenters. The lowest BCUT2D eigenvalue weighted by Gasteiger charge is -2.30. The molecule has 0 aliphatic heterocycles. The lowest BCUT2D eigenvalue weighted by Crippen LogP contribution is -2.29. The van der Waals surface area contributed by atoms with E-state index in [-0.39, 0.29) is 39.4 Å². The first-order valence-corrected chi connectivity index (χ1v) is 22.9. The molecule has 0 atom stereocenters. The second kappa shape index (κ2) is 15.8. The van der Waals surface area contributed by atoms with Crippen molar-refractivity contribution in [1.29, 1.82) is 0 Å². The van der Waals surface area contributed by atoms with Gasteiger partial charge in [0.1, 0.15) is 32.7 Å². The maximum Gasteiger partial charge on any atom is 0.360 e. The molecule has 0 spiro atoms. The molecular weight excluding hydrogens is 824 g/mol. The topological polar surface area (TPSA) is 283 Å². The molecule has 0 aromatic heterocycles. The first-order chi connectivity index (χ1) is 26.2. The molecule has 0 fully saturated rings. The molecule has 0 aliphatic carbocycles. The number of ether oxygens (including phenoxy) is 2. The van der Waals surface area contributed by atoms with Crippen LogP contribution in [0.4, 0.5) is 0 Å². The fraction of sp³-hybridized carbons (Fsp3) is 0.135. The van der Waals surface area contributed by atoms with E-state index in [1.54, 1.807) is 36.4 Å². The Labute approximate surface area is 325 Å². The summed E-state index contributed by atoms with van der Waals surface area (Å²) in [5.74, 6) is -2.74. The van der Waals surface area contributed by atoms with Crippen molar-refractivity contribution in [2.45, 2.75) is 26.2 Å². The highest BCUT2D eigenvalue weighted by Crippen LogP contribution is 2.48. The van der Waals surface area contributed by atoms with Crippen LogP contribution in [0, 0.1) is 6.92 Å². The molecule has 300 valence electrons. The van der Waals surface area contributed by atoms with E-state index in [1.165, 1.54) is 50.2 Å². The monoisotopic (exact) mass is 860 g/mol. The lowest BCUT2D eigenvalue weighted by molar-refractivity contribution is 0.103. The van der Waals surface area contributed by atoms with E-state index in [1.807, 2.05) is 6.92 Å². The van der Waals surface area contributed by atoms with Crippen molar-refractivity contribution in [3.63, 3.8) is 0 Å². The molecule has 0 saturated heterocycles. The molecule has 57 heavy (non-hydrogen) atoms. The molecule has 0 amide bonds. The van der Waals surface area contributed by atoms with Crippen LogP contribution < -0.4 is 30.7 Å². The average molecular weight is 861 g/mol. The zero-order valence-electron chi connectivity index (χ0n) is 30.4. The fourth-order valence-corrected chi connectivity index (χ4v) is 9.12. The molecule has 0 heterocycles. The number of aryl methyl sites for hydroxylation is 1. The highest BCUT2D eigenvalue weighted by atomic mass is 31.2. The summed E-state index contributed by atoms with van der Waals surface area (Å²) in [6, 6.07) is 21.4. The Morgan fingerprint density at radius 3 is 1.21 bits per heavy atom. The maximum absolute atomic E-state index is 13.4. The number of carbonyl (C=O) groups excluding carboxylic acids is 2. The normalized spacial score (nSPS) is 12.6. The minimum atomic E-state index is -5.48. The molecule has 5 rings (SSSR count). The zero-order valence-corrected chi connectivity index (χ0v) is 33.9. The van der Waals surface area contributed by atoms with Gasteiger partial charge in [0.2, 0.25) is 0 Å². The quantitative estimate of drug-likeness (QED) is 0.0617. The number of carbonyl (C=O) groups is 2. The van der Waals surface area contributed by atoms with Crippen molar-refractivity contribution < 1.29 is 76.5 Å². The second-order valence-corrected chi connectivity index (χ2v) is 19.7. The Kier molecular flexibility index (Phi) is 12.1. The summed E-state index contributed by atoms with van der Waals surface area (Å²) < 4.78 is 61.4. The SMILES string of the molecule is COc1c(P(=O)(O)O)cc(C(C)(C)c2cc(P(=O)(O)O)c(Oc3ccc(C(=O)c4cccc(C(=O)c5ccc(C)cc5)c4)cc3)c(P(=O)(O)O)c2)cc1P(=O)(O)O. The largest absolute Gasteiger partial charge is 0.495 e. The minimum absolute atomic E-state index is 0.105. The van der Waals surface area contributed by atoms with Crippen LogP contribution in [0.25, 0.3) is 0 Å². The van der Waals surface area contributed by atoms with Gasteiger partial charge in [0, 0.05) is 27.7 Å². The van der Waals surface area contributed by atoms with Gasteiger partial charge in [0.25, 0.3) is 0 Å². The van der Waals surface area contributed by atoms with Crippen molar-refractivity contribution in [2.75, 3.05) is 7.11 Å². The van der Waals surface area contributed by atoms with Gasteiger partial charge in [0.05, 0.1) is 7.11 Å². The van der Waals surface area contributed by atoms with E-state index in [0.717, 1.165) is 36.9 Å². The summed E-state index contributed by atoms with van der Waals surface area (Å²) in [6.07, 6.45) is 0. The van der Waals surface area contributed by atoms with Gasteiger partial charge in [-0.3, -0.25) is 27.8 Å². The van der Waals surface area contributed by atoms with Crippen LogP contribution in [0.15, 0.2) is 97.1 Å². The Morgan fingerprint density at radius 2 is 0.860 bits per heavy atom. The Bertz CT molecular complexity index is 2510. The van der Waals surface area contributed by atoms with Crippen LogP contribution in [0.1, 0.15) is 62.4 Å². The fourth-order valence-electron chi connectivity index (χ4n) is 5.90. The third-order valence-electron chi connectivity index (χ3n) is 9.04. The number of benzene rings is 5. The predicted octanol–water partition coefficient (Wildman–Crippen LogP) is 3.80. The van der Waals surface area contributed by atoms with E-state index < -0.39 is 74.3 Å². The van der Waals surface area contributed by atoms with E-state index in [0.29, 0.717) is 5.56 Å². The van der Waals surface area contributed by atoms with Crippen LogP contribution in [0.5, 0.6) is 17.2 Å². The van der Waals surface area contributed by atoms with E-state index >= 15 is 0 Å². The summed E-state index contributed by atoms with van der Waals surface area (Å²) in [7, 11) is -20.6. The first-order valence-electron chi connectivity index (χ1n) is 16.4. The van der Waals surface area contributed by atoms with Crippen LogP contribution in [-0.4, -0.2) is 57.8 Å². The van der Waals surface area contributed by atoms with Gasteiger partial charge >= 0.3 is 30.4 Å². The van der Waals surface area contributed by atoms with Crippen molar-refractivity contribution in [3.05, 3.63) is 136 Å². The minimum Gasteiger partial charge on any atom is -0.495 e. The molecule has 8 N–H and O–H groups in total. The van der Waals surface area contributed by atoms with Crippen molar-refractivity contribution in [2.24, 2.45) is 0 Å². The summed E-state index contributed by atoms with van der Waals surface area (Å²) in [5, 5.41) is -3.88. The van der Waals surface area contributed by atoms with Gasteiger partial charge in [-0.25, -0.2) is 0 Å². The predicted molar refractivity (Wildman–Crippen MR) is 209 cm³/mol. The van der Waals surface area contributed by atoms with Gasteiger partial charge in [-0.15, -0.1) is 0 Å². The number of methoxy groups -OCH3 is 1. The molecule has 5 aromatic carbocycles. The second-order valence-electron chi connectivity index (χ2n) is 13.4. The van der Waals surface area contributed by atoms with Crippen molar-refractivity contribution in [3.8, 4) is 17.2 Å². The molecule has 20 heteroatoms. The van der Waals surface area contributed by atoms with Gasteiger partial charge in [-0.2, -0.15) is 0 Å². The van der Waals surface area contributed by atoms with E-state index in [4.69, 9.17) is 9.47 Å². The number of hydrogen-bond donors (Lipinski definition) is 8. The lowest BCUT2D eigenvalue weighted by atomic mass is 9.78. The average Bonchev–Trinajstić information content (AvgIpc) is 3.12. The summed E-state index contributed by atoms with van der Waals surface area (Å²) in [4.78, 5) is 108. The highest BCUT2D eigenvalue weighted by Gasteiger charge is 2.39. The Balaban J connectivity index is 1.56. The summed E-state index contributed by atoms with van der Waals surface area (Å²) in [5.41, 5.74) is -0.303. The number of ketones is 2. The van der Waals surface area contributed by atoms with E-state index in [9.17, 15) is 67.0 Å². The van der Waals surface area contributed by atoms with Crippen molar-refractivity contribution in [1.82, 2.24) is 0 Å². The Morgan fingerprint density at radius 1 is 0.509 bits per heavy atom. The van der Waals surface area contributed by atoms with Gasteiger partial charge in [-0.1, -0.05) is 61.9 Å². The molecule has 5 aromatic rings. The maximum atomic E-state index is 13.4. The molecule has 0 radical (unpaired) electrons. The molecular formula is C37H36O16P4. The van der Waals surface area contributed by atoms with Gasteiger partial charge < -0.3 is 48.6 Å². The first kappa shape index (κ1) is 43.8. The Hall–Kier alpha value is -4.36. The smallest absolute Gasteiger partial charge is 0.360 e. The van der Waals surface area contributed by atoms with Gasteiger partial charge in [-0.05, 0) is 72.6 Å². The molecule has 0 aliphatic rings. The number of rotatable bonds is 13. The highest BCUT2D eigenvalue weighted by molar-refractivity contribution is 7.63. The van der Waals surface area contributed by atoms with Crippen LogP contribution in [-0.2, 0) is 23.7 Å². The van der Waals surface area contributed by atoms with Crippen LogP contribution >= 0.6 is 30.4 Å². The summed E-state index contributed by atoms with van der Waals surface area (Å²) >= 11 is 0. The van der Waals surface area contributed by atoms with Crippen LogP contribution in [0.2, 0.25) is 0 Å². The standard InChI is InChI=1S/C37H36O16P4/c1-21-8-10-22(11-9-21)33(38)24-6-5-7-25(16-24)34(39)23-12-14-28(15-13-23)53-36-31(56(46,47)48)19-27(20-32(36)57(49,50)51)37(2,3)26-17-29(54(40,41)42)35(52-4)30(18-26)55(43,44)45/h5-20H,1-4H3,(H2,40,41,42)(H2,43,44,45)(H2,46,47,48)(H2,49,50,51). The van der Waals surface area contributed by atoms with E-state index in [2.05, 4.69) is 0 Å². The zero-order chi connectivity index (χ0) is 42.5. The third-order valence-corrected chi connectivity index (χ3v) is 12.9. The molecule has 0 saturated carbocycles. The summed E-state index contributed by atoms with van der Waals surface area (Å²) in [6.45, 7) is 4.51. The number of hydrogen-bond acceptors (Lipinski definition) is 8. The van der Waals surface area contributed by atoms with Crippen molar-refractivity contribution >= 4 is 63.2 Å². The van der Waals surface area contributed by atoms with Gasteiger partial charge in [0.15, 0.2) is 17.3 Å². The molecule has 0 bridgehead atoms. The third kappa shape index (κ3) is 9.52. The molecule has 16 nitrogen and oxygen atoms in total. The van der Waals surface area contributed by atoms with Crippen LogP contribution in [0.3, 0.4) is 0 Å².